The van der Waals surface area contributed by atoms with Crippen LogP contribution in [-0.4, -0.2) is 29.4 Å². The van der Waals surface area contributed by atoms with Gasteiger partial charge in [-0.25, -0.2) is 4.79 Å². The van der Waals surface area contributed by atoms with Gasteiger partial charge in [0.05, 0.1) is 15.5 Å². The molecule has 0 bridgehead atoms. The summed E-state index contributed by atoms with van der Waals surface area (Å²) in [7, 11) is 0. The number of nitrogens with one attached hydrogen (secondary N) is 1. The van der Waals surface area contributed by atoms with E-state index in [4.69, 9.17) is 16.3 Å². The predicted molar refractivity (Wildman–Crippen MR) is 101 cm³/mol. The number of ether oxygens (including phenoxy) is 1. The van der Waals surface area contributed by atoms with Gasteiger partial charge in [0.15, 0.2) is 6.10 Å². The van der Waals surface area contributed by atoms with Crippen molar-refractivity contribution in [2.45, 2.75) is 25.9 Å². The minimum atomic E-state index is -1.04. The van der Waals surface area contributed by atoms with E-state index in [1.807, 2.05) is 37.3 Å². The number of nitro benzene ring substituents is 1. The zero-order valence-corrected chi connectivity index (χ0v) is 15.6. The minimum absolute atomic E-state index is 0.0421. The molecule has 0 heterocycles. The summed E-state index contributed by atoms with van der Waals surface area (Å²) < 4.78 is 5.11. The lowest BCUT2D eigenvalue weighted by Crippen LogP contribution is -2.37. The van der Waals surface area contributed by atoms with Gasteiger partial charge in [0.1, 0.15) is 0 Å². The van der Waals surface area contributed by atoms with E-state index in [1.165, 1.54) is 13.0 Å². The Morgan fingerprint density at radius 3 is 2.44 bits per heavy atom. The molecule has 0 saturated heterocycles. The molecule has 0 aliphatic heterocycles. The quantitative estimate of drug-likeness (QED) is 0.441. The molecule has 0 unspecified atom stereocenters. The van der Waals surface area contributed by atoms with Crippen LogP contribution in [0.4, 0.5) is 5.69 Å². The minimum Gasteiger partial charge on any atom is -0.449 e. The number of rotatable bonds is 7. The Balaban J connectivity index is 1.92. The van der Waals surface area contributed by atoms with Gasteiger partial charge >= 0.3 is 5.97 Å². The van der Waals surface area contributed by atoms with Crippen molar-refractivity contribution in [1.82, 2.24) is 5.32 Å². The fourth-order valence-electron chi connectivity index (χ4n) is 2.36. The zero-order valence-electron chi connectivity index (χ0n) is 14.8. The largest absolute Gasteiger partial charge is 0.449 e. The third kappa shape index (κ3) is 5.52. The van der Waals surface area contributed by atoms with E-state index >= 15 is 0 Å². The van der Waals surface area contributed by atoms with Crippen molar-refractivity contribution in [2.75, 3.05) is 6.54 Å². The second-order valence-corrected chi connectivity index (χ2v) is 6.43. The van der Waals surface area contributed by atoms with Crippen LogP contribution < -0.4 is 5.32 Å². The highest BCUT2D eigenvalue weighted by molar-refractivity contribution is 6.33. The summed E-state index contributed by atoms with van der Waals surface area (Å²) in [4.78, 5) is 34.4. The van der Waals surface area contributed by atoms with Crippen LogP contribution in [0.25, 0.3) is 0 Å². The van der Waals surface area contributed by atoms with Gasteiger partial charge in [0.2, 0.25) is 0 Å². The Morgan fingerprint density at radius 2 is 1.85 bits per heavy atom. The van der Waals surface area contributed by atoms with Crippen LogP contribution in [0.15, 0.2) is 48.5 Å². The number of carbonyl (C=O) groups excluding carboxylic acids is 2. The van der Waals surface area contributed by atoms with Gasteiger partial charge < -0.3 is 10.1 Å². The van der Waals surface area contributed by atoms with Crippen LogP contribution in [0, 0.1) is 10.1 Å². The lowest BCUT2D eigenvalue weighted by Gasteiger charge is -2.17. The molecule has 7 nitrogen and oxygen atoms in total. The van der Waals surface area contributed by atoms with Crippen LogP contribution in [0.2, 0.25) is 5.02 Å². The van der Waals surface area contributed by atoms with E-state index in [2.05, 4.69) is 5.32 Å². The summed E-state index contributed by atoms with van der Waals surface area (Å²) in [5.74, 6) is -1.17. The molecule has 0 aliphatic carbocycles. The van der Waals surface area contributed by atoms with Crippen LogP contribution in [-0.2, 0) is 9.53 Å². The van der Waals surface area contributed by atoms with Crippen LogP contribution in [0.5, 0.6) is 0 Å². The predicted octanol–water partition coefficient (Wildman–Crippen LogP) is 3.71. The third-order valence-electron chi connectivity index (χ3n) is 3.99. The molecule has 8 heteroatoms. The van der Waals surface area contributed by atoms with E-state index in [0.717, 1.165) is 17.7 Å². The molecule has 0 aromatic heterocycles. The van der Waals surface area contributed by atoms with Crippen molar-refractivity contribution in [3.8, 4) is 0 Å². The number of halogens is 1. The van der Waals surface area contributed by atoms with E-state index in [9.17, 15) is 19.7 Å². The number of carbonyl (C=O) groups is 2. The molecule has 2 atom stereocenters. The number of nitrogens with zero attached hydrogens (tertiary/aromatic N) is 1. The van der Waals surface area contributed by atoms with Gasteiger partial charge in [0.25, 0.3) is 11.6 Å². The molecule has 2 rings (SSSR count). The molecular weight excluding hydrogens is 372 g/mol. The number of hydrogen-bond acceptors (Lipinski definition) is 5. The highest BCUT2D eigenvalue weighted by Gasteiger charge is 2.22. The first kappa shape index (κ1) is 20.4. The van der Waals surface area contributed by atoms with Gasteiger partial charge in [-0.15, -0.1) is 0 Å². The van der Waals surface area contributed by atoms with Crippen molar-refractivity contribution >= 4 is 29.2 Å². The lowest BCUT2D eigenvalue weighted by atomic mass is 10.0. The molecule has 1 N–H and O–H groups in total. The number of amides is 1. The SMILES string of the molecule is C[C@H](OC(=O)c1ccc([N+](=O)[O-])cc1Cl)C(=O)NC[C@H](C)c1ccccc1. The number of esters is 1. The number of benzene rings is 2. The molecule has 1 amide bonds. The molecule has 0 radical (unpaired) electrons. The first-order chi connectivity index (χ1) is 12.8. The summed E-state index contributed by atoms with van der Waals surface area (Å²) in [6, 6.07) is 13.1. The summed E-state index contributed by atoms with van der Waals surface area (Å²) in [6.45, 7) is 3.81. The van der Waals surface area contributed by atoms with Gasteiger partial charge in [-0.05, 0) is 24.5 Å². The maximum Gasteiger partial charge on any atom is 0.340 e. The topological polar surface area (TPSA) is 98.5 Å². The summed E-state index contributed by atoms with van der Waals surface area (Å²) in [5.41, 5.74) is 0.803. The van der Waals surface area contributed by atoms with Gasteiger partial charge in [-0.2, -0.15) is 0 Å². The number of non-ortho nitro benzene ring substituents is 1. The van der Waals surface area contributed by atoms with E-state index in [1.54, 1.807) is 0 Å². The molecule has 142 valence electrons. The van der Waals surface area contributed by atoms with E-state index < -0.39 is 22.9 Å². The van der Waals surface area contributed by atoms with Crippen molar-refractivity contribution in [3.63, 3.8) is 0 Å². The second-order valence-electron chi connectivity index (χ2n) is 6.03. The van der Waals surface area contributed by atoms with Gasteiger partial charge in [-0.1, -0.05) is 48.9 Å². The standard InChI is InChI=1S/C19H19ClN2O5/c1-12(14-6-4-3-5-7-14)11-21-18(23)13(2)27-19(24)16-9-8-15(22(25)26)10-17(16)20/h3-10,12-13H,11H2,1-2H3,(H,21,23)/t12-,13-/m0/s1. The Hall–Kier alpha value is -2.93. The van der Waals surface area contributed by atoms with Crippen molar-refractivity contribution < 1.29 is 19.2 Å². The molecule has 0 aliphatic rings. The summed E-state index contributed by atoms with van der Waals surface area (Å²) in [5, 5.41) is 13.3. The van der Waals surface area contributed by atoms with Crippen LogP contribution in [0.1, 0.15) is 35.7 Å². The molecule has 0 saturated carbocycles. The molecule has 2 aromatic rings. The summed E-state index contributed by atoms with van der Waals surface area (Å²) >= 11 is 5.90. The van der Waals surface area contributed by atoms with Gasteiger partial charge in [0, 0.05) is 18.7 Å². The molecule has 2 aromatic carbocycles. The molecule has 0 fully saturated rings. The molecule has 0 spiro atoms. The summed E-state index contributed by atoms with van der Waals surface area (Å²) in [6.07, 6.45) is -1.04. The van der Waals surface area contributed by atoms with Gasteiger partial charge in [-0.3, -0.25) is 14.9 Å². The number of hydrogen-bond donors (Lipinski definition) is 1. The Morgan fingerprint density at radius 1 is 1.19 bits per heavy atom. The van der Waals surface area contributed by atoms with E-state index in [0.29, 0.717) is 6.54 Å². The molecule has 27 heavy (non-hydrogen) atoms. The van der Waals surface area contributed by atoms with Crippen LogP contribution >= 0.6 is 11.6 Å². The Bertz CT molecular complexity index is 841. The van der Waals surface area contributed by atoms with Crippen molar-refractivity contribution in [2.24, 2.45) is 0 Å². The zero-order chi connectivity index (χ0) is 20.0. The fourth-order valence-corrected chi connectivity index (χ4v) is 2.61. The first-order valence-corrected chi connectivity index (χ1v) is 8.65. The third-order valence-corrected chi connectivity index (χ3v) is 4.30. The average Bonchev–Trinajstić information content (AvgIpc) is 2.66. The van der Waals surface area contributed by atoms with E-state index in [-0.39, 0.29) is 22.2 Å². The Labute approximate surface area is 161 Å². The first-order valence-electron chi connectivity index (χ1n) is 8.27. The maximum absolute atomic E-state index is 12.2. The highest BCUT2D eigenvalue weighted by Crippen LogP contribution is 2.23. The molecular formula is C19H19ClN2O5. The average molecular weight is 391 g/mol. The number of nitro groups is 1. The van der Waals surface area contributed by atoms with Crippen LogP contribution in [0.3, 0.4) is 0 Å². The second kappa shape index (κ2) is 9.14. The van der Waals surface area contributed by atoms with Crippen molar-refractivity contribution in [1.29, 1.82) is 0 Å². The maximum atomic E-state index is 12.2. The highest BCUT2D eigenvalue weighted by atomic mass is 35.5. The lowest BCUT2D eigenvalue weighted by molar-refractivity contribution is -0.384. The normalized spacial score (nSPS) is 12.7. The van der Waals surface area contributed by atoms with Crippen molar-refractivity contribution in [3.05, 3.63) is 74.8 Å². The fraction of sp³-hybridized carbons (Fsp3) is 0.263. The monoisotopic (exact) mass is 390 g/mol. The Kier molecular flexibility index (Phi) is 6.90. The smallest absolute Gasteiger partial charge is 0.340 e.